The van der Waals surface area contributed by atoms with E-state index in [1.165, 1.54) is 0 Å². The van der Waals surface area contributed by atoms with Gasteiger partial charge in [0, 0.05) is 32.3 Å². The van der Waals surface area contributed by atoms with E-state index in [0.717, 1.165) is 12.0 Å². The Bertz CT molecular complexity index is 208. The summed E-state index contributed by atoms with van der Waals surface area (Å²) >= 11 is 2.94. The van der Waals surface area contributed by atoms with E-state index < -0.39 is 0 Å². The van der Waals surface area contributed by atoms with Gasteiger partial charge >= 0.3 is 5.12 Å². The highest BCUT2D eigenvalue weighted by Gasteiger charge is 2.11. The summed E-state index contributed by atoms with van der Waals surface area (Å²) in [6, 6.07) is 0. The molecule has 10 heavy (non-hydrogen) atoms. The second-order valence-corrected chi connectivity index (χ2v) is 2.69. The summed E-state index contributed by atoms with van der Waals surface area (Å²) in [6.45, 7) is 0. The Morgan fingerprint density at radius 1 is 1.80 bits per heavy atom. The highest BCUT2D eigenvalue weighted by Crippen LogP contribution is 2.10. The van der Waals surface area contributed by atoms with E-state index in [1.807, 2.05) is 30.4 Å². The molecular weight excluding hydrogens is 146 g/mol. The zero-order valence-electron chi connectivity index (χ0n) is 5.79. The maximum Gasteiger partial charge on any atom is 0.355 e. The van der Waals surface area contributed by atoms with Crippen LogP contribution in [0.25, 0.3) is 0 Å². The molecule has 0 N–H and O–H groups in total. The molecule has 0 aliphatic carbocycles. The van der Waals surface area contributed by atoms with E-state index in [1.54, 1.807) is 0 Å². The Kier molecular flexibility index (Phi) is 2.17. The highest BCUT2D eigenvalue weighted by atomic mass is 32.1. The molecule has 0 atom stereocenters. The molecular formula is C7H10NOS+. The van der Waals surface area contributed by atoms with Crippen molar-refractivity contribution in [1.82, 2.24) is 4.90 Å². The van der Waals surface area contributed by atoms with Crippen molar-refractivity contribution in [3.8, 4) is 0 Å². The monoisotopic (exact) mass is 156 g/mol. The highest BCUT2D eigenvalue weighted by molar-refractivity contribution is 7.77. The van der Waals surface area contributed by atoms with Crippen LogP contribution in [0.3, 0.4) is 0 Å². The van der Waals surface area contributed by atoms with Crippen LogP contribution >= 0.6 is 0 Å². The molecule has 0 spiro atoms. The van der Waals surface area contributed by atoms with E-state index in [4.69, 9.17) is 0 Å². The summed E-state index contributed by atoms with van der Waals surface area (Å²) in [7, 11) is 1.89. The van der Waals surface area contributed by atoms with Crippen molar-refractivity contribution < 1.29 is 4.79 Å². The quantitative estimate of drug-likeness (QED) is 0.507. The fourth-order valence-corrected chi connectivity index (χ4v) is 1.01. The summed E-state index contributed by atoms with van der Waals surface area (Å²) in [6.07, 6.45) is 6.42. The van der Waals surface area contributed by atoms with Crippen molar-refractivity contribution in [3.05, 3.63) is 24.0 Å². The molecule has 2 nitrogen and oxygen atoms in total. The molecule has 3 heteroatoms. The number of hydrogen-bond donors (Lipinski definition) is 0. The zero-order chi connectivity index (χ0) is 7.56. The van der Waals surface area contributed by atoms with Gasteiger partial charge in [-0.15, -0.1) is 0 Å². The van der Waals surface area contributed by atoms with Crippen LogP contribution in [-0.4, -0.2) is 17.1 Å². The van der Waals surface area contributed by atoms with Crippen molar-refractivity contribution in [1.29, 1.82) is 0 Å². The molecule has 0 fully saturated rings. The molecule has 0 aromatic rings. The molecule has 1 aliphatic heterocycles. The number of hydrogen-bond acceptors (Lipinski definition) is 2. The minimum absolute atomic E-state index is 0.0313. The standard InChI is InChI=1S/C7H9NOS/c1-8-4-2-3-6(5-8)7(9)10/h2,4-5H,3H2,1H3,(H,9,10)/p+1. The van der Waals surface area contributed by atoms with Crippen LogP contribution in [0.5, 0.6) is 0 Å². The minimum Gasteiger partial charge on any atom is -0.357 e. The molecule has 1 rings (SSSR count). The summed E-state index contributed by atoms with van der Waals surface area (Å²) in [5.41, 5.74) is 0.793. The van der Waals surface area contributed by atoms with E-state index in [-0.39, 0.29) is 5.12 Å². The van der Waals surface area contributed by atoms with Gasteiger partial charge < -0.3 is 4.90 Å². The number of carbonyl (C=O) groups is 1. The minimum atomic E-state index is -0.0313. The van der Waals surface area contributed by atoms with Crippen molar-refractivity contribution in [2.45, 2.75) is 6.42 Å². The van der Waals surface area contributed by atoms with Crippen LogP contribution < -0.4 is 0 Å². The predicted octanol–water partition coefficient (Wildman–Crippen LogP) is 0.258. The normalized spacial score (nSPS) is 17.0. The van der Waals surface area contributed by atoms with Gasteiger partial charge in [0.2, 0.25) is 0 Å². The number of carbonyl (C=O) groups excluding carboxylic acids is 1. The topological polar surface area (TPSA) is 20.3 Å². The molecule has 0 aromatic heterocycles. The molecule has 54 valence electrons. The lowest BCUT2D eigenvalue weighted by Crippen LogP contribution is -2.10. The van der Waals surface area contributed by atoms with Crippen molar-refractivity contribution in [2.24, 2.45) is 0 Å². The van der Waals surface area contributed by atoms with Crippen LogP contribution in [0, 0.1) is 0 Å². The van der Waals surface area contributed by atoms with Crippen LogP contribution in [0.4, 0.5) is 0 Å². The lowest BCUT2D eigenvalue weighted by molar-refractivity contribution is -0.107. The first kappa shape index (κ1) is 7.41. The zero-order valence-corrected chi connectivity index (χ0v) is 6.79. The van der Waals surface area contributed by atoms with Crippen molar-refractivity contribution >= 4 is 17.7 Å². The second-order valence-electron chi connectivity index (χ2n) is 2.24. The van der Waals surface area contributed by atoms with Crippen LogP contribution in [0.15, 0.2) is 24.0 Å². The van der Waals surface area contributed by atoms with E-state index >= 15 is 0 Å². The first-order valence-electron chi connectivity index (χ1n) is 3.05. The molecule has 0 bridgehead atoms. The molecule has 0 aromatic carbocycles. The summed E-state index contributed by atoms with van der Waals surface area (Å²) in [4.78, 5) is 12.6. The average Bonchev–Trinajstić information content (AvgIpc) is 1.88. The van der Waals surface area contributed by atoms with Gasteiger partial charge in [-0.25, -0.2) is 4.79 Å². The Balaban J connectivity index is 2.71. The molecule has 0 saturated heterocycles. The summed E-state index contributed by atoms with van der Waals surface area (Å²) in [5, 5.41) is -0.0313. The predicted molar refractivity (Wildman–Crippen MR) is 44.8 cm³/mol. The largest absolute Gasteiger partial charge is 0.357 e. The third-order valence-electron chi connectivity index (χ3n) is 1.33. The maximum absolute atomic E-state index is 10.7. The van der Waals surface area contributed by atoms with Gasteiger partial charge in [0.05, 0.1) is 5.57 Å². The third kappa shape index (κ3) is 1.64. The van der Waals surface area contributed by atoms with Crippen LogP contribution in [0.2, 0.25) is 0 Å². The fraction of sp³-hybridized carbons (Fsp3) is 0.286. The number of allylic oxidation sites excluding steroid dienone is 1. The summed E-state index contributed by atoms with van der Waals surface area (Å²) in [5.74, 6) is 0. The van der Waals surface area contributed by atoms with Gasteiger partial charge in [0.15, 0.2) is 0 Å². The fourth-order valence-electron chi connectivity index (χ4n) is 0.839. The first-order valence-corrected chi connectivity index (χ1v) is 3.55. The van der Waals surface area contributed by atoms with E-state index in [0.29, 0.717) is 0 Å². The average molecular weight is 156 g/mol. The molecule has 0 amide bonds. The number of nitrogens with zero attached hydrogens (tertiary/aromatic N) is 1. The third-order valence-corrected chi connectivity index (χ3v) is 1.65. The van der Waals surface area contributed by atoms with Gasteiger partial charge in [0.1, 0.15) is 0 Å². The van der Waals surface area contributed by atoms with E-state index in [9.17, 15) is 4.79 Å². The SMILES string of the molecule is CN1C=CCC(C(=O)[SH2+])=C1. The van der Waals surface area contributed by atoms with Gasteiger partial charge in [-0.1, -0.05) is 6.08 Å². The molecule has 1 heterocycles. The van der Waals surface area contributed by atoms with Gasteiger partial charge in [0.25, 0.3) is 0 Å². The smallest absolute Gasteiger partial charge is 0.355 e. The van der Waals surface area contributed by atoms with Crippen molar-refractivity contribution in [3.63, 3.8) is 0 Å². The van der Waals surface area contributed by atoms with Gasteiger partial charge in [-0.3, -0.25) is 0 Å². The molecule has 0 saturated carbocycles. The Morgan fingerprint density at radius 2 is 2.50 bits per heavy atom. The molecule has 1 aliphatic rings. The maximum atomic E-state index is 10.7. The Morgan fingerprint density at radius 3 is 2.90 bits per heavy atom. The molecule has 0 radical (unpaired) electrons. The van der Waals surface area contributed by atoms with Gasteiger partial charge in [-0.05, 0) is 6.20 Å². The Labute approximate surface area is 65.6 Å². The first-order chi connectivity index (χ1) is 4.70. The summed E-state index contributed by atoms with van der Waals surface area (Å²) < 4.78 is 0. The number of rotatable bonds is 1. The lowest BCUT2D eigenvalue weighted by atomic mass is 10.2. The van der Waals surface area contributed by atoms with Crippen LogP contribution in [-0.2, 0) is 17.4 Å². The van der Waals surface area contributed by atoms with Crippen LogP contribution in [0.1, 0.15) is 6.42 Å². The van der Waals surface area contributed by atoms with Gasteiger partial charge in [-0.2, -0.15) is 0 Å². The molecule has 0 unspecified atom stereocenters. The van der Waals surface area contributed by atoms with E-state index in [2.05, 4.69) is 12.6 Å². The van der Waals surface area contributed by atoms with Crippen molar-refractivity contribution in [2.75, 3.05) is 7.05 Å². The second kappa shape index (κ2) is 2.92. The lowest BCUT2D eigenvalue weighted by Gasteiger charge is -2.12. The Hall–Kier alpha value is -0.700.